The SMILES string of the molecule is COc1ccc(C=C2Oc3c(ccc(OC(=O)N(C)C)c3C)C2=O)c(OC)c1. The van der Waals surface area contributed by atoms with Crippen LogP contribution in [0.15, 0.2) is 36.1 Å². The number of rotatable bonds is 4. The summed E-state index contributed by atoms with van der Waals surface area (Å²) in [6.45, 7) is 1.74. The van der Waals surface area contributed by atoms with E-state index in [9.17, 15) is 9.59 Å². The van der Waals surface area contributed by atoms with Crippen LogP contribution in [0.2, 0.25) is 0 Å². The summed E-state index contributed by atoms with van der Waals surface area (Å²) in [5, 5.41) is 0. The quantitative estimate of drug-likeness (QED) is 0.750. The number of methoxy groups -OCH3 is 2. The maximum Gasteiger partial charge on any atom is 0.414 e. The van der Waals surface area contributed by atoms with Gasteiger partial charge in [-0.05, 0) is 37.3 Å². The van der Waals surface area contributed by atoms with Crippen molar-refractivity contribution in [2.75, 3.05) is 28.3 Å². The molecule has 2 aromatic carbocycles. The van der Waals surface area contributed by atoms with Gasteiger partial charge in [0.25, 0.3) is 0 Å². The first-order valence-corrected chi connectivity index (χ1v) is 8.54. The monoisotopic (exact) mass is 383 g/mol. The van der Waals surface area contributed by atoms with Crippen LogP contribution in [0.5, 0.6) is 23.0 Å². The minimum atomic E-state index is -0.508. The first kappa shape index (κ1) is 19.3. The predicted octanol–water partition coefficient (Wildman–Crippen LogP) is 3.69. The number of benzene rings is 2. The van der Waals surface area contributed by atoms with E-state index in [0.29, 0.717) is 39.7 Å². The van der Waals surface area contributed by atoms with Crippen LogP contribution < -0.4 is 18.9 Å². The van der Waals surface area contributed by atoms with Gasteiger partial charge in [0, 0.05) is 31.3 Å². The van der Waals surface area contributed by atoms with E-state index in [0.717, 1.165) is 0 Å². The second-order valence-corrected chi connectivity index (χ2v) is 6.38. The number of fused-ring (bicyclic) bond motifs is 1. The molecular weight excluding hydrogens is 362 g/mol. The number of nitrogens with zero attached hydrogens (tertiary/aromatic N) is 1. The van der Waals surface area contributed by atoms with Gasteiger partial charge in [-0.15, -0.1) is 0 Å². The molecule has 1 amide bonds. The van der Waals surface area contributed by atoms with Gasteiger partial charge in [-0.3, -0.25) is 4.79 Å². The Morgan fingerprint density at radius 1 is 1.07 bits per heavy atom. The lowest BCUT2D eigenvalue weighted by atomic mass is 10.1. The molecule has 1 heterocycles. The molecule has 0 N–H and O–H groups in total. The van der Waals surface area contributed by atoms with Gasteiger partial charge in [0.1, 0.15) is 23.0 Å². The van der Waals surface area contributed by atoms with Crippen LogP contribution in [-0.4, -0.2) is 45.1 Å². The number of allylic oxidation sites excluding steroid dienone is 1. The normalized spacial score (nSPS) is 13.8. The summed E-state index contributed by atoms with van der Waals surface area (Å²) in [6.07, 6.45) is 1.11. The lowest BCUT2D eigenvalue weighted by Gasteiger charge is -2.13. The Labute approximate surface area is 163 Å². The van der Waals surface area contributed by atoms with Gasteiger partial charge in [0.2, 0.25) is 5.78 Å². The lowest BCUT2D eigenvalue weighted by Crippen LogP contribution is -2.25. The van der Waals surface area contributed by atoms with Crippen molar-refractivity contribution < 1.29 is 28.5 Å². The predicted molar refractivity (Wildman–Crippen MR) is 103 cm³/mol. The molecule has 2 aromatic rings. The van der Waals surface area contributed by atoms with Gasteiger partial charge in [-0.25, -0.2) is 4.79 Å². The first-order valence-electron chi connectivity index (χ1n) is 8.54. The number of Topliss-reactive ketones (excluding diaryl/α,β-unsaturated/α-hetero) is 1. The fraction of sp³-hybridized carbons (Fsp3) is 0.238. The second-order valence-electron chi connectivity index (χ2n) is 6.38. The number of carbonyl (C=O) groups is 2. The van der Waals surface area contributed by atoms with E-state index in [4.69, 9.17) is 18.9 Å². The minimum Gasteiger partial charge on any atom is -0.497 e. The molecule has 0 aliphatic carbocycles. The average Bonchev–Trinajstić information content (AvgIpc) is 3.00. The molecule has 0 bridgehead atoms. The van der Waals surface area contributed by atoms with E-state index in [1.807, 2.05) is 0 Å². The van der Waals surface area contributed by atoms with Crippen LogP contribution in [-0.2, 0) is 0 Å². The zero-order valence-corrected chi connectivity index (χ0v) is 16.4. The largest absolute Gasteiger partial charge is 0.497 e. The fourth-order valence-electron chi connectivity index (χ4n) is 2.74. The van der Waals surface area contributed by atoms with Crippen molar-refractivity contribution in [3.05, 3.63) is 52.8 Å². The molecular formula is C21H21NO6. The molecule has 1 aliphatic heterocycles. The van der Waals surface area contributed by atoms with Gasteiger partial charge in [-0.1, -0.05) is 0 Å². The van der Waals surface area contributed by atoms with Gasteiger partial charge >= 0.3 is 6.09 Å². The van der Waals surface area contributed by atoms with Crippen molar-refractivity contribution in [1.82, 2.24) is 4.90 Å². The molecule has 7 heteroatoms. The Morgan fingerprint density at radius 2 is 1.82 bits per heavy atom. The van der Waals surface area contributed by atoms with Crippen LogP contribution in [0.3, 0.4) is 0 Å². The molecule has 0 aromatic heterocycles. The van der Waals surface area contributed by atoms with E-state index in [2.05, 4.69) is 0 Å². The Bertz CT molecular complexity index is 977. The summed E-state index contributed by atoms with van der Waals surface area (Å²) in [5.74, 6) is 1.83. The number of hydrogen-bond donors (Lipinski definition) is 0. The molecule has 0 saturated carbocycles. The summed E-state index contributed by atoms with van der Waals surface area (Å²) >= 11 is 0. The molecule has 146 valence electrons. The smallest absolute Gasteiger partial charge is 0.414 e. The summed E-state index contributed by atoms with van der Waals surface area (Å²) in [6, 6.07) is 8.46. The molecule has 0 radical (unpaired) electrons. The van der Waals surface area contributed by atoms with E-state index in [-0.39, 0.29) is 11.5 Å². The zero-order valence-electron chi connectivity index (χ0n) is 16.4. The Kier molecular flexibility index (Phi) is 5.26. The van der Waals surface area contributed by atoms with Crippen LogP contribution in [0, 0.1) is 6.92 Å². The van der Waals surface area contributed by atoms with Crippen LogP contribution in [0.1, 0.15) is 21.5 Å². The van der Waals surface area contributed by atoms with Crippen LogP contribution in [0.4, 0.5) is 4.79 Å². The summed E-state index contributed by atoms with van der Waals surface area (Å²) in [5.41, 5.74) is 1.67. The first-order chi connectivity index (χ1) is 13.3. The minimum absolute atomic E-state index is 0.164. The number of amides is 1. The van der Waals surface area contributed by atoms with Crippen molar-refractivity contribution in [2.45, 2.75) is 6.92 Å². The van der Waals surface area contributed by atoms with E-state index < -0.39 is 6.09 Å². The lowest BCUT2D eigenvalue weighted by molar-refractivity contribution is 0.101. The zero-order chi connectivity index (χ0) is 20.4. The number of ether oxygens (including phenoxy) is 4. The molecule has 3 rings (SSSR count). The summed E-state index contributed by atoms with van der Waals surface area (Å²) < 4.78 is 21.7. The summed E-state index contributed by atoms with van der Waals surface area (Å²) in [4.78, 5) is 25.9. The molecule has 0 saturated heterocycles. The number of carbonyl (C=O) groups excluding carboxylic acids is 2. The fourth-order valence-corrected chi connectivity index (χ4v) is 2.74. The standard InChI is InChI=1S/C21H21NO6/c1-12-16(28-21(24)22(2)3)9-8-15-19(23)18(27-20(12)15)10-13-6-7-14(25-4)11-17(13)26-5/h6-11H,1-5H3. The van der Waals surface area contributed by atoms with E-state index >= 15 is 0 Å². The maximum atomic E-state index is 12.7. The van der Waals surface area contributed by atoms with Crippen molar-refractivity contribution in [3.8, 4) is 23.0 Å². The maximum absolute atomic E-state index is 12.7. The highest BCUT2D eigenvalue weighted by Crippen LogP contribution is 2.40. The highest BCUT2D eigenvalue weighted by molar-refractivity contribution is 6.15. The van der Waals surface area contributed by atoms with Gasteiger partial charge in [0.05, 0.1) is 19.8 Å². The van der Waals surface area contributed by atoms with Crippen molar-refractivity contribution >= 4 is 18.0 Å². The summed E-state index contributed by atoms with van der Waals surface area (Å²) in [7, 11) is 6.29. The number of ketones is 1. The van der Waals surface area contributed by atoms with Gasteiger partial charge in [-0.2, -0.15) is 0 Å². The Balaban J connectivity index is 1.95. The molecule has 28 heavy (non-hydrogen) atoms. The van der Waals surface area contributed by atoms with Crippen molar-refractivity contribution in [1.29, 1.82) is 0 Å². The highest BCUT2D eigenvalue weighted by Gasteiger charge is 2.31. The Hall–Kier alpha value is -3.48. The third-order valence-electron chi connectivity index (χ3n) is 4.33. The third kappa shape index (κ3) is 3.51. The van der Waals surface area contributed by atoms with Gasteiger partial charge < -0.3 is 23.8 Å². The van der Waals surface area contributed by atoms with Crippen molar-refractivity contribution in [3.63, 3.8) is 0 Å². The van der Waals surface area contributed by atoms with E-state index in [1.54, 1.807) is 71.6 Å². The second kappa shape index (κ2) is 7.64. The molecule has 0 fully saturated rings. The van der Waals surface area contributed by atoms with Crippen LogP contribution in [0.25, 0.3) is 6.08 Å². The molecule has 7 nitrogen and oxygen atoms in total. The molecule has 0 spiro atoms. The third-order valence-corrected chi connectivity index (χ3v) is 4.33. The topological polar surface area (TPSA) is 74.3 Å². The van der Waals surface area contributed by atoms with Gasteiger partial charge in [0.15, 0.2) is 5.76 Å². The van der Waals surface area contributed by atoms with Crippen molar-refractivity contribution in [2.24, 2.45) is 0 Å². The Morgan fingerprint density at radius 3 is 2.46 bits per heavy atom. The average molecular weight is 383 g/mol. The van der Waals surface area contributed by atoms with Crippen LogP contribution >= 0.6 is 0 Å². The molecule has 0 unspecified atom stereocenters. The highest BCUT2D eigenvalue weighted by atomic mass is 16.6. The molecule has 0 atom stereocenters. The molecule has 1 aliphatic rings. The number of hydrogen-bond acceptors (Lipinski definition) is 6. The van der Waals surface area contributed by atoms with E-state index in [1.165, 1.54) is 4.90 Å².